The molecular weight excluding hydrogens is 708 g/mol. The number of fused-ring (bicyclic) bond motifs is 8. The minimum absolute atomic E-state index is 0.0158. The second-order valence-electron chi connectivity index (χ2n) is 13.2. The largest absolute Gasteiger partial charge is 0.481 e. The first-order chi connectivity index (χ1) is 24.5. The van der Waals surface area contributed by atoms with Gasteiger partial charge in [-0.2, -0.15) is 5.10 Å². The van der Waals surface area contributed by atoms with Crippen LogP contribution in [-0.4, -0.2) is 67.2 Å². The Morgan fingerprint density at radius 3 is 2.54 bits per heavy atom. The molecule has 6 rings (SSSR count). The van der Waals surface area contributed by atoms with Crippen molar-refractivity contribution in [1.29, 1.82) is 0 Å². The normalized spacial score (nSPS) is 20.3. The van der Waals surface area contributed by atoms with Crippen LogP contribution in [0.2, 0.25) is 0 Å². The topological polar surface area (TPSA) is 164 Å². The Morgan fingerprint density at radius 1 is 1.04 bits per heavy atom. The predicted molar refractivity (Wildman–Crippen MR) is 181 cm³/mol. The summed E-state index contributed by atoms with van der Waals surface area (Å²) >= 11 is 0. The van der Waals surface area contributed by atoms with Crippen molar-refractivity contribution in [2.45, 2.75) is 62.0 Å². The summed E-state index contributed by atoms with van der Waals surface area (Å²) < 4.78 is 97.0. The molecule has 2 atom stereocenters. The van der Waals surface area contributed by atoms with Gasteiger partial charge in [-0.25, -0.2) is 35.6 Å². The molecule has 0 amide bonds. The van der Waals surface area contributed by atoms with Gasteiger partial charge >= 0.3 is 11.9 Å². The number of aromatic nitrogens is 4. The highest BCUT2D eigenvalue weighted by Gasteiger charge is 2.42. The van der Waals surface area contributed by atoms with Crippen LogP contribution in [0.1, 0.15) is 55.1 Å². The molecule has 1 aliphatic heterocycles. The molecule has 274 valence electrons. The van der Waals surface area contributed by atoms with E-state index in [2.05, 4.69) is 15.1 Å². The van der Waals surface area contributed by atoms with Gasteiger partial charge in [-0.15, -0.1) is 0 Å². The van der Waals surface area contributed by atoms with Gasteiger partial charge in [0, 0.05) is 61.5 Å². The van der Waals surface area contributed by atoms with Crippen LogP contribution in [0.4, 0.5) is 17.6 Å². The van der Waals surface area contributed by atoms with Gasteiger partial charge in [-0.1, -0.05) is 24.3 Å². The summed E-state index contributed by atoms with van der Waals surface area (Å²) in [6, 6.07) is 12.7. The van der Waals surface area contributed by atoms with Crippen molar-refractivity contribution in [3.8, 4) is 22.9 Å². The number of ether oxygens (including phenoxy) is 1. The van der Waals surface area contributed by atoms with Gasteiger partial charge in [0.2, 0.25) is 5.92 Å². The molecule has 3 heterocycles. The summed E-state index contributed by atoms with van der Waals surface area (Å²) in [4.78, 5) is 31.1. The highest BCUT2D eigenvalue weighted by Crippen LogP contribution is 2.42. The first-order valence-electron chi connectivity index (χ1n) is 16.3. The van der Waals surface area contributed by atoms with Crippen LogP contribution in [0.25, 0.3) is 22.3 Å². The molecule has 52 heavy (non-hydrogen) atoms. The second kappa shape index (κ2) is 13.7. The summed E-state index contributed by atoms with van der Waals surface area (Å²) in [5.74, 6) is -10.0. The van der Waals surface area contributed by atoms with E-state index >= 15 is 17.6 Å². The van der Waals surface area contributed by atoms with E-state index in [1.54, 1.807) is 31.2 Å². The van der Waals surface area contributed by atoms with Gasteiger partial charge < -0.3 is 19.9 Å². The molecule has 3 N–H and O–H groups in total. The van der Waals surface area contributed by atoms with Crippen LogP contribution >= 0.6 is 0 Å². The van der Waals surface area contributed by atoms with Gasteiger partial charge in [-0.05, 0) is 55.2 Å². The van der Waals surface area contributed by atoms with Gasteiger partial charge in [0.1, 0.15) is 11.6 Å². The van der Waals surface area contributed by atoms with Crippen molar-refractivity contribution in [2.75, 3.05) is 5.75 Å². The van der Waals surface area contributed by atoms with Crippen LogP contribution in [-0.2, 0) is 44.7 Å². The fourth-order valence-corrected chi connectivity index (χ4v) is 8.09. The Kier molecular flexibility index (Phi) is 9.63. The highest BCUT2D eigenvalue weighted by molar-refractivity contribution is 7.92. The number of alkyl halides is 2. The third-order valence-corrected chi connectivity index (χ3v) is 11.6. The molecule has 0 saturated carbocycles. The number of hydrogen-bond acceptors (Lipinski definition) is 7. The summed E-state index contributed by atoms with van der Waals surface area (Å²) in [7, 11) is -3.29. The van der Waals surface area contributed by atoms with E-state index in [-0.39, 0.29) is 58.7 Å². The molecule has 0 radical (unpaired) electrons. The van der Waals surface area contributed by atoms with Gasteiger partial charge in [0.15, 0.2) is 38.3 Å². The maximum atomic E-state index is 15.7. The third-order valence-electron chi connectivity index (χ3n) is 9.55. The molecule has 5 aromatic rings. The zero-order chi connectivity index (χ0) is 37.6. The molecule has 4 bridgehead atoms. The Labute approximate surface area is 295 Å². The van der Waals surface area contributed by atoms with Crippen molar-refractivity contribution >= 4 is 32.7 Å². The van der Waals surface area contributed by atoms with E-state index in [1.807, 2.05) is 0 Å². The maximum Gasteiger partial charge on any atom is 0.322 e. The molecule has 11 nitrogen and oxygen atoms in total. The quantitative estimate of drug-likeness (QED) is 0.169. The number of aromatic amines is 1. The standard InChI is InChI=1S/C36H34F4N4O7S/c1-35(21-5-3-4-20(16-21)6-9-30(45)46)11-12-36(39,40)13-15-52(49,50)29(33(47)48)18-24-23-10-14-41-28(23)19-27(38)31(24)51-22-7-8-26(37)25(17-22)32-42-34(35)43-44(32)2/h3-5,7-8,10,14,16-17,19,29,41H,6,9,11-13,15,18H2,1-2H3,(H,45,46)(H,47,48). The van der Waals surface area contributed by atoms with Gasteiger partial charge in [0.25, 0.3) is 0 Å². The number of aliphatic carboxylic acids is 2. The Hall–Kier alpha value is -5.25. The zero-order valence-corrected chi connectivity index (χ0v) is 28.8. The molecule has 16 heteroatoms. The zero-order valence-electron chi connectivity index (χ0n) is 28.0. The Balaban J connectivity index is 1.54. The van der Waals surface area contributed by atoms with E-state index in [1.165, 1.54) is 36.1 Å². The number of carboxylic acids is 2. The summed E-state index contributed by atoms with van der Waals surface area (Å²) in [5.41, 5.74) is -0.406. The predicted octanol–water partition coefficient (Wildman–Crippen LogP) is 6.59. The lowest BCUT2D eigenvalue weighted by Gasteiger charge is -2.30. The van der Waals surface area contributed by atoms with E-state index in [0.29, 0.717) is 11.1 Å². The van der Waals surface area contributed by atoms with Gasteiger partial charge in [-0.3, -0.25) is 9.59 Å². The average Bonchev–Trinajstić information content (AvgIpc) is 3.72. The Morgan fingerprint density at radius 2 is 1.81 bits per heavy atom. The Bertz CT molecular complexity index is 2310. The lowest BCUT2D eigenvalue weighted by molar-refractivity contribution is -0.137. The molecular formula is C36H34F4N4O7S. The molecule has 0 fully saturated rings. The summed E-state index contributed by atoms with van der Waals surface area (Å²) in [5, 5.41) is 21.8. The third kappa shape index (κ3) is 7.24. The number of nitrogens with zero attached hydrogens (tertiary/aromatic N) is 3. The van der Waals surface area contributed by atoms with E-state index in [4.69, 9.17) is 4.74 Å². The average molecular weight is 743 g/mol. The van der Waals surface area contributed by atoms with Crippen LogP contribution in [0.15, 0.2) is 60.8 Å². The number of hydrogen-bond donors (Lipinski definition) is 3. The second-order valence-corrected chi connectivity index (χ2v) is 15.5. The summed E-state index contributed by atoms with van der Waals surface area (Å²) in [6.45, 7) is 1.60. The van der Waals surface area contributed by atoms with E-state index in [9.17, 15) is 28.2 Å². The fourth-order valence-electron chi connectivity index (χ4n) is 6.50. The minimum Gasteiger partial charge on any atom is -0.481 e. The summed E-state index contributed by atoms with van der Waals surface area (Å²) in [6.07, 6.45) is -1.84. The van der Waals surface area contributed by atoms with Crippen molar-refractivity contribution in [3.63, 3.8) is 0 Å². The van der Waals surface area contributed by atoms with Crippen LogP contribution in [0.5, 0.6) is 11.5 Å². The number of H-pyrrole nitrogens is 1. The lowest BCUT2D eigenvalue weighted by atomic mass is 9.76. The number of aryl methyl sites for hydroxylation is 2. The minimum atomic E-state index is -4.77. The van der Waals surface area contributed by atoms with E-state index < -0.39 is 80.8 Å². The maximum absolute atomic E-state index is 15.7. The van der Waals surface area contributed by atoms with Crippen molar-refractivity contribution in [3.05, 3.63) is 94.9 Å². The number of benzene rings is 3. The van der Waals surface area contributed by atoms with E-state index in [0.717, 1.165) is 12.1 Å². The molecule has 1 aliphatic rings. The number of nitrogens with one attached hydrogen (secondary N) is 1. The van der Waals surface area contributed by atoms with Crippen LogP contribution in [0.3, 0.4) is 0 Å². The van der Waals surface area contributed by atoms with Gasteiger partial charge in [0.05, 0.1) is 16.7 Å². The van der Waals surface area contributed by atoms with Crippen molar-refractivity contribution in [1.82, 2.24) is 19.7 Å². The number of halogens is 4. The molecule has 0 aliphatic carbocycles. The monoisotopic (exact) mass is 742 g/mol. The smallest absolute Gasteiger partial charge is 0.322 e. The molecule has 0 spiro atoms. The number of carboxylic acid groups (broad SMARTS) is 2. The molecule has 2 aromatic heterocycles. The molecule has 0 saturated heterocycles. The molecule has 3 aromatic carbocycles. The first kappa shape index (κ1) is 36.5. The lowest BCUT2D eigenvalue weighted by Crippen LogP contribution is -2.36. The van der Waals surface area contributed by atoms with Crippen LogP contribution in [0, 0.1) is 11.6 Å². The van der Waals surface area contributed by atoms with Crippen molar-refractivity contribution in [2.24, 2.45) is 7.05 Å². The highest BCUT2D eigenvalue weighted by atomic mass is 32.2. The molecule has 2 unspecified atom stereocenters. The number of carbonyl (C=O) groups is 2. The number of sulfone groups is 1. The SMILES string of the molecule is Cn1nc2nc1-c1cc(ccc1F)Oc1c(F)cc3[nH]ccc3c1CC(C(=O)O)S(=O)(=O)CCC(F)(F)CCC2(C)c1cccc(CCC(=O)O)c1. The fraction of sp³-hybridized carbons (Fsp3) is 0.333. The van der Waals surface area contributed by atoms with Crippen molar-refractivity contribution < 1.29 is 50.5 Å². The number of rotatable bonds is 5. The first-order valence-corrected chi connectivity index (χ1v) is 18.0. The van der Waals surface area contributed by atoms with Crippen LogP contribution < -0.4 is 4.74 Å².